The number of hydrogen-bond acceptors (Lipinski definition) is 3. The lowest BCUT2D eigenvalue weighted by Gasteiger charge is -2.08. The Morgan fingerprint density at radius 2 is 1.96 bits per heavy atom. The molecule has 0 radical (unpaired) electrons. The molecule has 0 saturated heterocycles. The number of hydrogen-bond donors (Lipinski definition) is 0. The molecule has 0 aliphatic rings. The summed E-state index contributed by atoms with van der Waals surface area (Å²) in [6.07, 6.45) is -4.68. The van der Waals surface area contributed by atoms with Crippen LogP contribution in [-0.2, 0) is 17.5 Å². The second-order valence-corrected chi connectivity index (χ2v) is 6.62. The molecular weight excluding hydrogens is 384 g/mol. The molecule has 1 aromatic heterocycles. The molecule has 9 heteroatoms. The summed E-state index contributed by atoms with van der Waals surface area (Å²) < 4.78 is 60.1. The van der Waals surface area contributed by atoms with Gasteiger partial charge < -0.3 is 9.30 Å². The first-order chi connectivity index (χ1) is 12.8. The summed E-state index contributed by atoms with van der Waals surface area (Å²) in [4.78, 5) is 16.5. The Morgan fingerprint density at radius 1 is 1.22 bits per heavy atom. The molecule has 142 valence electrons. The van der Waals surface area contributed by atoms with Crippen LogP contribution in [0.1, 0.15) is 15.9 Å². The van der Waals surface area contributed by atoms with Crippen molar-refractivity contribution in [2.75, 3.05) is 13.7 Å². The number of halogens is 4. The summed E-state index contributed by atoms with van der Waals surface area (Å²) in [5.74, 6) is -2.13. The van der Waals surface area contributed by atoms with Gasteiger partial charge in [0.05, 0.1) is 28.0 Å². The van der Waals surface area contributed by atoms with Gasteiger partial charge in [0.2, 0.25) is 0 Å². The number of methoxy groups -OCH3 is 1. The van der Waals surface area contributed by atoms with E-state index in [1.165, 1.54) is 18.4 Å². The zero-order valence-electron chi connectivity index (χ0n) is 14.1. The number of carbonyl (C=O) groups is 1. The lowest BCUT2D eigenvalue weighted by atomic mass is 10.1. The van der Waals surface area contributed by atoms with E-state index in [-0.39, 0.29) is 4.80 Å². The first-order valence-electron chi connectivity index (χ1n) is 7.84. The third-order valence-corrected chi connectivity index (χ3v) is 4.89. The minimum absolute atomic E-state index is 0.259. The zero-order chi connectivity index (χ0) is 19.6. The lowest BCUT2D eigenvalue weighted by molar-refractivity contribution is -0.137. The van der Waals surface area contributed by atoms with E-state index in [1.54, 1.807) is 4.57 Å². The van der Waals surface area contributed by atoms with E-state index in [4.69, 9.17) is 4.74 Å². The predicted molar refractivity (Wildman–Crippen MR) is 93.0 cm³/mol. The molecule has 0 saturated carbocycles. The summed E-state index contributed by atoms with van der Waals surface area (Å²) in [5, 5.41) is 0. The van der Waals surface area contributed by atoms with Gasteiger partial charge in [0, 0.05) is 13.7 Å². The summed E-state index contributed by atoms with van der Waals surface area (Å²) in [7, 11) is 1.52. The quantitative estimate of drug-likeness (QED) is 0.617. The van der Waals surface area contributed by atoms with Crippen LogP contribution in [0.3, 0.4) is 0 Å². The maximum Gasteiger partial charge on any atom is 0.416 e. The van der Waals surface area contributed by atoms with Crippen LogP contribution in [0, 0.1) is 5.82 Å². The average molecular weight is 398 g/mol. The summed E-state index contributed by atoms with van der Waals surface area (Å²) >= 11 is 1.19. The Kier molecular flexibility index (Phi) is 5.43. The van der Waals surface area contributed by atoms with Crippen molar-refractivity contribution < 1.29 is 27.1 Å². The summed E-state index contributed by atoms with van der Waals surface area (Å²) in [6.45, 7) is 0.734. The second-order valence-electron chi connectivity index (χ2n) is 5.61. The van der Waals surface area contributed by atoms with Gasteiger partial charge >= 0.3 is 6.18 Å². The molecule has 0 fully saturated rings. The minimum Gasteiger partial charge on any atom is -0.383 e. The van der Waals surface area contributed by atoms with E-state index < -0.39 is 29.0 Å². The van der Waals surface area contributed by atoms with E-state index in [9.17, 15) is 22.4 Å². The fourth-order valence-corrected chi connectivity index (χ4v) is 3.57. The average Bonchev–Trinajstić information content (AvgIpc) is 2.96. The Bertz CT molecular complexity index is 1050. The van der Waals surface area contributed by atoms with Gasteiger partial charge in [-0.1, -0.05) is 23.5 Å². The second kappa shape index (κ2) is 7.61. The van der Waals surface area contributed by atoms with Crippen LogP contribution < -0.4 is 4.80 Å². The highest BCUT2D eigenvalue weighted by atomic mass is 32.1. The van der Waals surface area contributed by atoms with Gasteiger partial charge in [-0.2, -0.15) is 18.2 Å². The van der Waals surface area contributed by atoms with Crippen LogP contribution in [0.25, 0.3) is 10.2 Å². The Hall–Kier alpha value is -2.52. The normalized spacial score (nSPS) is 12.7. The molecule has 0 unspecified atom stereocenters. The molecule has 0 spiro atoms. The molecule has 1 amide bonds. The maximum absolute atomic E-state index is 13.9. The third kappa shape index (κ3) is 4.09. The van der Waals surface area contributed by atoms with Crippen molar-refractivity contribution in [2.45, 2.75) is 12.7 Å². The Balaban J connectivity index is 2.10. The van der Waals surface area contributed by atoms with Crippen molar-refractivity contribution in [3.05, 3.63) is 64.2 Å². The van der Waals surface area contributed by atoms with Crippen LogP contribution in [-0.4, -0.2) is 24.2 Å². The molecule has 3 aromatic rings. The molecule has 3 rings (SSSR count). The van der Waals surface area contributed by atoms with Crippen molar-refractivity contribution in [3.8, 4) is 0 Å². The van der Waals surface area contributed by atoms with E-state index in [2.05, 4.69) is 4.99 Å². The van der Waals surface area contributed by atoms with Crippen molar-refractivity contribution >= 4 is 27.5 Å². The van der Waals surface area contributed by atoms with Gasteiger partial charge in [-0.15, -0.1) is 0 Å². The number of carbonyl (C=O) groups excluding carboxylic acids is 1. The van der Waals surface area contributed by atoms with Crippen molar-refractivity contribution in [1.82, 2.24) is 4.57 Å². The molecule has 0 aliphatic heterocycles. The summed E-state index contributed by atoms with van der Waals surface area (Å²) in [5.41, 5.74) is -1.03. The molecule has 27 heavy (non-hydrogen) atoms. The lowest BCUT2D eigenvalue weighted by Crippen LogP contribution is -2.19. The van der Waals surface area contributed by atoms with E-state index >= 15 is 0 Å². The number of alkyl halides is 3. The third-order valence-electron chi connectivity index (χ3n) is 3.83. The van der Waals surface area contributed by atoms with E-state index in [0.29, 0.717) is 31.4 Å². The number of rotatable bonds is 4. The number of benzene rings is 2. The standard InChI is InChI=1S/C18H14F4N2O2S/c1-26-9-8-24-14-4-2-3-5-15(14)27-17(24)23-16(25)12-10-11(18(20,21)22)6-7-13(12)19/h2-7,10H,8-9H2,1H3/b23-17-. The zero-order valence-corrected chi connectivity index (χ0v) is 14.9. The fraction of sp³-hybridized carbons (Fsp3) is 0.222. The number of aromatic nitrogens is 1. The number of amides is 1. The van der Waals surface area contributed by atoms with E-state index in [0.717, 1.165) is 10.2 Å². The van der Waals surface area contributed by atoms with Crippen LogP contribution in [0.5, 0.6) is 0 Å². The maximum atomic E-state index is 13.9. The highest BCUT2D eigenvalue weighted by molar-refractivity contribution is 7.16. The topological polar surface area (TPSA) is 43.6 Å². The predicted octanol–water partition coefficient (Wildman–Crippen LogP) is 4.25. The molecule has 4 nitrogen and oxygen atoms in total. The number of thiazole rings is 1. The molecule has 2 aromatic carbocycles. The van der Waals surface area contributed by atoms with Gasteiger partial charge in [0.15, 0.2) is 4.80 Å². The minimum atomic E-state index is -4.68. The van der Waals surface area contributed by atoms with Gasteiger partial charge in [-0.05, 0) is 30.3 Å². The SMILES string of the molecule is COCCn1/c(=N/C(=O)c2cc(C(F)(F)F)ccc2F)sc2ccccc21. The first kappa shape index (κ1) is 19.2. The van der Waals surface area contributed by atoms with Crippen molar-refractivity contribution in [1.29, 1.82) is 0 Å². The number of para-hydroxylation sites is 1. The smallest absolute Gasteiger partial charge is 0.383 e. The molecule has 0 aliphatic carbocycles. The van der Waals surface area contributed by atoms with Crippen LogP contribution in [0.2, 0.25) is 0 Å². The van der Waals surface area contributed by atoms with E-state index in [1.807, 2.05) is 24.3 Å². The molecule has 0 bridgehead atoms. The molecule has 0 atom stereocenters. The van der Waals surface area contributed by atoms with Crippen LogP contribution in [0.4, 0.5) is 17.6 Å². The van der Waals surface area contributed by atoms with Crippen LogP contribution in [0.15, 0.2) is 47.5 Å². The van der Waals surface area contributed by atoms with Crippen molar-refractivity contribution in [2.24, 2.45) is 4.99 Å². The van der Waals surface area contributed by atoms with Gasteiger partial charge in [0.25, 0.3) is 5.91 Å². The van der Waals surface area contributed by atoms with Gasteiger partial charge in [0.1, 0.15) is 5.82 Å². The van der Waals surface area contributed by atoms with Crippen molar-refractivity contribution in [3.63, 3.8) is 0 Å². The Morgan fingerprint density at radius 3 is 2.67 bits per heavy atom. The number of fused-ring (bicyclic) bond motifs is 1. The number of ether oxygens (including phenoxy) is 1. The molecule has 0 N–H and O–H groups in total. The monoisotopic (exact) mass is 398 g/mol. The van der Waals surface area contributed by atoms with Gasteiger partial charge in [-0.3, -0.25) is 4.79 Å². The first-order valence-corrected chi connectivity index (χ1v) is 8.66. The molecule has 1 heterocycles. The number of nitrogens with zero attached hydrogens (tertiary/aromatic N) is 2. The van der Waals surface area contributed by atoms with Crippen LogP contribution >= 0.6 is 11.3 Å². The fourth-order valence-electron chi connectivity index (χ4n) is 2.52. The highest BCUT2D eigenvalue weighted by Crippen LogP contribution is 2.30. The Labute approximate surface area is 155 Å². The largest absolute Gasteiger partial charge is 0.416 e. The summed E-state index contributed by atoms with van der Waals surface area (Å²) in [6, 6.07) is 8.98. The highest BCUT2D eigenvalue weighted by Gasteiger charge is 2.32. The van der Waals surface area contributed by atoms with Gasteiger partial charge in [-0.25, -0.2) is 4.39 Å². The molecular formula is C18H14F4N2O2S.